The fraction of sp³-hybridized carbons (Fsp3) is 0.562. The lowest BCUT2D eigenvalue weighted by Gasteiger charge is -2.57. The van der Waals surface area contributed by atoms with Crippen LogP contribution in [-0.2, 0) is 23.2 Å². The molecule has 1 amide bonds. The summed E-state index contributed by atoms with van der Waals surface area (Å²) in [5, 5.41) is 12.5. The van der Waals surface area contributed by atoms with E-state index in [1.165, 1.54) is 44.1 Å². The van der Waals surface area contributed by atoms with E-state index in [0.717, 1.165) is 41.1 Å². The predicted octanol–water partition coefficient (Wildman–Crippen LogP) is 6.53. The average Bonchev–Trinajstić information content (AvgIpc) is 2.88. The minimum atomic E-state index is -0.777. The highest BCUT2D eigenvalue weighted by Gasteiger charge is 2.51. The van der Waals surface area contributed by atoms with Crippen LogP contribution in [0.1, 0.15) is 92.3 Å². The molecule has 4 bridgehead atoms. The molecule has 0 saturated heterocycles. The van der Waals surface area contributed by atoms with Gasteiger partial charge in [-0.15, -0.1) is 0 Å². The molecule has 4 aliphatic carbocycles. The predicted molar refractivity (Wildman–Crippen MR) is 145 cm³/mol. The molecule has 6 rings (SSSR count). The standard InChI is InChI=1S/C32H41NO4/c1-3-11-37-29-10-5-21(15-25(4-2)31(35)36)16-27(29)20-33-30(34)26-6-8-28(9-7-26)32-17-22-12-23(18-32)14-24(13-22)19-32/h5-10,16,22-25H,3-4,11-15,17-20H2,1-2H3,(H,33,34)(H,35,36)/t22?,23?,24?,25-,32?/m0/s1. The third-order valence-corrected chi connectivity index (χ3v) is 9.15. The highest BCUT2D eigenvalue weighted by molar-refractivity contribution is 5.94. The first-order valence-electron chi connectivity index (χ1n) is 14.2. The normalized spacial score (nSPS) is 26.6. The third kappa shape index (κ3) is 5.56. The minimum absolute atomic E-state index is 0.0964. The largest absolute Gasteiger partial charge is 0.493 e. The van der Waals surface area contributed by atoms with E-state index in [1.807, 2.05) is 37.3 Å². The Hall–Kier alpha value is -2.82. The highest BCUT2D eigenvalue weighted by Crippen LogP contribution is 2.60. The summed E-state index contributed by atoms with van der Waals surface area (Å²) in [5.41, 5.74) is 4.27. The Kier molecular flexibility index (Phi) is 7.60. The van der Waals surface area contributed by atoms with E-state index in [9.17, 15) is 14.7 Å². The number of carbonyl (C=O) groups is 2. The van der Waals surface area contributed by atoms with Crippen molar-refractivity contribution in [3.63, 3.8) is 0 Å². The van der Waals surface area contributed by atoms with Crippen molar-refractivity contribution in [1.82, 2.24) is 5.32 Å². The fourth-order valence-corrected chi connectivity index (χ4v) is 7.66. The summed E-state index contributed by atoms with van der Waals surface area (Å²) in [5.74, 6) is 2.15. The van der Waals surface area contributed by atoms with E-state index in [4.69, 9.17) is 4.74 Å². The number of carbonyl (C=O) groups excluding carboxylic acids is 1. The number of hydrogen-bond acceptors (Lipinski definition) is 3. The van der Waals surface area contributed by atoms with E-state index in [2.05, 4.69) is 24.4 Å². The molecule has 4 fully saturated rings. The summed E-state index contributed by atoms with van der Waals surface area (Å²) in [6.07, 6.45) is 10.2. The summed E-state index contributed by atoms with van der Waals surface area (Å²) in [7, 11) is 0. The Bertz CT molecular complexity index is 1090. The number of carboxylic acids is 1. The number of hydrogen-bond donors (Lipinski definition) is 2. The molecule has 0 unspecified atom stereocenters. The van der Waals surface area contributed by atoms with Gasteiger partial charge in [0.15, 0.2) is 0 Å². The number of rotatable bonds is 11. The lowest BCUT2D eigenvalue weighted by molar-refractivity contribution is -0.141. The first-order valence-corrected chi connectivity index (χ1v) is 14.2. The topological polar surface area (TPSA) is 75.6 Å². The summed E-state index contributed by atoms with van der Waals surface area (Å²) in [4.78, 5) is 24.6. The summed E-state index contributed by atoms with van der Waals surface area (Å²) < 4.78 is 5.92. The number of nitrogens with one attached hydrogen (secondary N) is 1. The van der Waals surface area contributed by atoms with Gasteiger partial charge in [-0.3, -0.25) is 9.59 Å². The number of carboxylic acid groups (broad SMARTS) is 1. The average molecular weight is 504 g/mol. The minimum Gasteiger partial charge on any atom is -0.493 e. The number of aliphatic carboxylic acids is 1. The zero-order valence-corrected chi connectivity index (χ0v) is 22.3. The fourth-order valence-electron chi connectivity index (χ4n) is 7.66. The van der Waals surface area contributed by atoms with E-state index in [0.29, 0.717) is 37.0 Å². The van der Waals surface area contributed by atoms with Crippen molar-refractivity contribution in [3.05, 3.63) is 64.7 Å². The summed E-state index contributed by atoms with van der Waals surface area (Å²) in [6.45, 7) is 4.89. The SMILES string of the molecule is CCCOc1ccc(C[C@H](CC)C(=O)O)cc1CNC(=O)c1ccc(C23CC4CC(CC(C4)C2)C3)cc1. The number of amides is 1. The quantitative estimate of drug-likeness (QED) is 0.366. The van der Waals surface area contributed by atoms with Gasteiger partial charge in [0.25, 0.3) is 5.91 Å². The van der Waals surface area contributed by atoms with Gasteiger partial charge in [-0.25, -0.2) is 0 Å². The van der Waals surface area contributed by atoms with Crippen LogP contribution in [0.4, 0.5) is 0 Å². The first-order chi connectivity index (χ1) is 17.9. The van der Waals surface area contributed by atoms with Gasteiger partial charge in [0, 0.05) is 17.7 Å². The Labute approximate surface area is 221 Å². The van der Waals surface area contributed by atoms with Gasteiger partial charge in [0.1, 0.15) is 5.75 Å². The molecule has 2 aromatic carbocycles. The maximum Gasteiger partial charge on any atom is 0.306 e. The molecule has 0 aromatic heterocycles. The van der Waals surface area contributed by atoms with Crippen molar-refractivity contribution in [2.75, 3.05) is 6.61 Å². The van der Waals surface area contributed by atoms with Crippen LogP contribution >= 0.6 is 0 Å². The van der Waals surface area contributed by atoms with Gasteiger partial charge in [0.05, 0.1) is 12.5 Å². The van der Waals surface area contributed by atoms with Crippen molar-refractivity contribution >= 4 is 11.9 Å². The second-order valence-electron chi connectivity index (χ2n) is 11.9. The monoisotopic (exact) mass is 503 g/mol. The van der Waals surface area contributed by atoms with Crippen LogP contribution < -0.4 is 10.1 Å². The lowest BCUT2D eigenvalue weighted by Crippen LogP contribution is -2.48. The molecule has 1 atom stereocenters. The molecule has 4 saturated carbocycles. The molecule has 0 heterocycles. The molecule has 198 valence electrons. The molecular weight excluding hydrogens is 462 g/mol. The molecule has 2 N–H and O–H groups in total. The maximum absolute atomic E-state index is 13.1. The maximum atomic E-state index is 13.1. The van der Waals surface area contributed by atoms with E-state index >= 15 is 0 Å². The van der Waals surface area contributed by atoms with E-state index in [-0.39, 0.29) is 5.91 Å². The molecule has 37 heavy (non-hydrogen) atoms. The Morgan fingerprint density at radius 1 is 1.00 bits per heavy atom. The van der Waals surface area contributed by atoms with Gasteiger partial charge in [-0.2, -0.15) is 0 Å². The van der Waals surface area contributed by atoms with Crippen LogP contribution in [0.15, 0.2) is 42.5 Å². The van der Waals surface area contributed by atoms with Crippen molar-refractivity contribution in [2.24, 2.45) is 23.7 Å². The Morgan fingerprint density at radius 2 is 1.65 bits per heavy atom. The van der Waals surface area contributed by atoms with Crippen molar-refractivity contribution < 1.29 is 19.4 Å². The molecular formula is C32H41NO4. The summed E-state index contributed by atoms with van der Waals surface area (Å²) in [6, 6.07) is 14.2. The van der Waals surface area contributed by atoms with Crippen LogP contribution in [-0.4, -0.2) is 23.6 Å². The number of ether oxygens (including phenoxy) is 1. The second-order valence-corrected chi connectivity index (χ2v) is 11.9. The molecule has 2 aromatic rings. The van der Waals surface area contributed by atoms with Crippen LogP contribution in [0, 0.1) is 23.7 Å². The Balaban J connectivity index is 1.26. The van der Waals surface area contributed by atoms with Crippen LogP contribution in [0.5, 0.6) is 5.75 Å². The molecule has 0 aliphatic heterocycles. The van der Waals surface area contributed by atoms with Crippen LogP contribution in [0.3, 0.4) is 0 Å². The molecule has 0 spiro atoms. The molecule has 0 radical (unpaired) electrons. The molecule has 4 aliphatic rings. The highest BCUT2D eigenvalue weighted by atomic mass is 16.5. The Morgan fingerprint density at radius 3 is 2.22 bits per heavy atom. The van der Waals surface area contributed by atoms with Gasteiger partial charge in [0.2, 0.25) is 0 Å². The van der Waals surface area contributed by atoms with E-state index in [1.54, 1.807) is 0 Å². The zero-order valence-electron chi connectivity index (χ0n) is 22.3. The smallest absolute Gasteiger partial charge is 0.306 e. The van der Waals surface area contributed by atoms with E-state index < -0.39 is 11.9 Å². The summed E-state index contributed by atoms with van der Waals surface area (Å²) >= 11 is 0. The lowest BCUT2D eigenvalue weighted by atomic mass is 9.48. The van der Waals surface area contributed by atoms with Gasteiger partial charge in [-0.05, 0) is 110 Å². The second kappa shape index (κ2) is 10.9. The van der Waals surface area contributed by atoms with Gasteiger partial charge >= 0.3 is 5.97 Å². The van der Waals surface area contributed by atoms with Crippen molar-refractivity contribution in [2.45, 2.75) is 83.6 Å². The van der Waals surface area contributed by atoms with Crippen LogP contribution in [0.2, 0.25) is 0 Å². The van der Waals surface area contributed by atoms with Gasteiger partial charge < -0.3 is 15.2 Å². The van der Waals surface area contributed by atoms with Gasteiger partial charge in [-0.1, -0.05) is 38.1 Å². The first kappa shape index (κ1) is 25.8. The molecule has 5 nitrogen and oxygen atoms in total. The number of benzene rings is 2. The van der Waals surface area contributed by atoms with Crippen molar-refractivity contribution in [3.8, 4) is 5.75 Å². The zero-order chi connectivity index (χ0) is 26.0. The van der Waals surface area contributed by atoms with Crippen molar-refractivity contribution in [1.29, 1.82) is 0 Å². The third-order valence-electron chi connectivity index (χ3n) is 9.15. The van der Waals surface area contributed by atoms with Crippen LogP contribution in [0.25, 0.3) is 0 Å². The molecule has 5 heteroatoms.